The second-order valence-electron chi connectivity index (χ2n) is 9.22. The Balaban J connectivity index is 1.44. The molecule has 7 nitrogen and oxygen atoms in total. The van der Waals surface area contributed by atoms with Crippen molar-refractivity contribution in [1.82, 2.24) is 15.3 Å². The number of piperidine rings is 1. The number of amides is 1. The first-order valence-electron chi connectivity index (χ1n) is 12.2. The van der Waals surface area contributed by atoms with Gasteiger partial charge >= 0.3 is 0 Å². The molecule has 5 heterocycles. The van der Waals surface area contributed by atoms with E-state index in [-0.39, 0.29) is 5.91 Å². The van der Waals surface area contributed by atoms with Gasteiger partial charge in [-0.05, 0) is 78.7 Å². The van der Waals surface area contributed by atoms with Crippen LogP contribution < -0.4 is 19.7 Å². The highest BCUT2D eigenvalue weighted by Crippen LogP contribution is 2.35. The summed E-state index contributed by atoms with van der Waals surface area (Å²) in [6.07, 6.45) is 5.80. The number of nitrogens with zero attached hydrogens (tertiary/aromatic N) is 3. The zero-order chi connectivity index (χ0) is 24.5. The van der Waals surface area contributed by atoms with Crippen molar-refractivity contribution >= 4 is 40.1 Å². The first kappa shape index (κ1) is 22.7. The number of hydrogen-bond donors (Lipinski definition) is 2. The summed E-state index contributed by atoms with van der Waals surface area (Å²) < 4.78 is 8.88. The minimum Gasteiger partial charge on any atom is -0.480 e. The Labute approximate surface area is 214 Å². The van der Waals surface area contributed by atoms with Gasteiger partial charge in [-0.15, -0.1) is 0 Å². The number of carbonyl (C=O) groups excluding carboxylic acids is 1. The van der Waals surface area contributed by atoms with Gasteiger partial charge in [-0.3, -0.25) is 9.78 Å². The van der Waals surface area contributed by atoms with Crippen LogP contribution in [-0.2, 0) is 0 Å². The maximum absolute atomic E-state index is 12.9. The molecule has 8 heteroatoms. The molecule has 182 valence electrons. The zero-order valence-electron chi connectivity index (χ0n) is 20.0. The van der Waals surface area contributed by atoms with Crippen molar-refractivity contribution in [2.75, 3.05) is 36.4 Å². The van der Waals surface area contributed by atoms with Gasteiger partial charge in [0.2, 0.25) is 5.88 Å². The summed E-state index contributed by atoms with van der Waals surface area (Å²) in [5, 5.41) is 4.29. The fourth-order valence-corrected chi connectivity index (χ4v) is 5.67. The number of fused-ring (bicyclic) bond motifs is 5. The van der Waals surface area contributed by atoms with Crippen molar-refractivity contribution in [3.05, 3.63) is 72.6 Å². The van der Waals surface area contributed by atoms with Gasteiger partial charge in [0, 0.05) is 59.1 Å². The molecule has 36 heavy (non-hydrogen) atoms. The topological polar surface area (TPSA) is 79.4 Å². The van der Waals surface area contributed by atoms with Gasteiger partial charge in [0.1, 0.15) is 5.69 Å². The van der Waals surface area contributed by atoms with Gasteiger partial charge in [-0.2, -0.15) is 0 Å². The van der Waals surface area contributed by atoms with Crippen molar-refractivity contribution in [1.29, 1.82) is 0 Å². The highest BCUT2D eigenvalue weighted by atomic mass is 32.2. The van der Waals surface area contributed by atoms with Crippen LogP contribution in [0.15, 0.2) is 71.9 Å². The summed E-state index contributed by atoms with van der Waals surface area (Å²) in [5.74, 6) is 0.943. The highest BCUT2D eigenvalue weighted by molar-refractivity contribution is 8.00. The van der Waals surface area contributed by atoms with E-state index in [2.05, 4.69) is 49.2 Å². The van der Waals surface area contributed by atoms with E-state index in [1.54, 1.807) is 7.11 Å². The molecule has 0 aliphatic carbocycles. The molecule has 0 spiro atoms. The first-order valence-corrected chi connectivity index (χ1v) is 13.0. The van der Waals surface area contributed by atoms with E-state index in [4.69, 9.17) is 4.74 Å². The summed E-state index contributed by atoms with van der Waals surface area (Å²) in [6.45, 7) is 2.60. The van der Waals surface area contributed by atoms with Gasteiger partial charge in [-0.1, -0.05) is 12.1 Å². The summed E-state index contributed by atoms with van der Waals surface area (Å²) >= 11 is 1.43. The largest absolute Gasteiger partial charge is 0.480 e. The fourth-order valence-electron chi connectivity index (χ4n) is 4.96. The lowest BCUT2D eigenvalue weighted by Gasteiger charge is -2.34. The molecule has 2 aromatic carbocycles. The third-order valence-corrected chi connectivity index (χ3v) is 7.79. The van der Waals surface area contributed by atoms with Crippen LogP contribution in [0.2, 0.25) is 0 Å². The van der Waals surface area contributed by atoms with Crippen LogP contribution in [0.25, 0.3) is 22.0 Å². The number of ether oxygens (including phenoxy) is 1. The fraction of sp³-hybridized carbons (Fsp3) is 0.250. The number of pyridine rings is 2. The van der Waals surface area contributed by atoms with Crippen molar-refractivity contribution < 1.29 is 9.53 Å². The molecule has 8 bridgehead atoms. The molecule has 2 aromatic heterocycles. The molecule has 0 unspecified atom stereocenters. The Morgan fingerprint density at radius 3 is 2.75 bits per heavy atom. The number of benzene rings is 2. The van der Waals surface area contributed by atoms with E-state index in [9.17, 15) is 4.79 Å². The van der Waals surface area contributed by atoms with E-state index in [0.717, 1.165) is 58.5 Å². The van der Waals surface area contributed by atoms with Gasteiger partial charge in [0.05, 0.1) is 12.6 Å². The van der Waals surface area contributed by atoms with Crippen LogP contribution in [0.5, 0.6) is 5.88 Å². The summed E-state index contributed by atoms with van der Waals surface area (Å²) in [7, 11) is 1.61. The lowest BCUT2D eigenvalue weighted by atomic mass is 9.95. The van der Waals surface area contributed by atoms with Crippen molar-refractivity contribution in [3.63, 3.8) is 0 Å². The average molecular weight is 498 g/mol. The molecule has 1 fully saturated rings. The molecule has 1 amide bonds. The molecule has 0 radical (unpaired) electrons. The quantitative estimate of drug-likeness (QED) is 0.342. The molecule has 7 rings (SSSR count). The Kier molecular flexibility index (Phi) is 6.11. The number of nitrogens with one attached hydrogen (secondary N) is 2. The van der Waals surface area contributed by atoms with Gasteiger partial charge in [-0.25, -0.2) is 4.98 Å². The molecule has 3 aliphatic rings. The van der Waals surface area contributed by atoms with E-state index in [1.807, 2.05) is 42.7 Å². The van der Waals surface area contributed by atoms with Crippen LogP contribution in [0.3, 0.4) is 0 Å². The molecule has 4 aromatic rings. The van der Waals surface area contributed by atoms with Crippen molar-refractivity contribution in [2.24, 2.45) is 5.92 Å². The smallest absolute Gasteiger partial charge is 0.251 e. The van der Waals surface area contributed by atoms with Crippen LogP contribution in [0.4, 0.5) is 11.4 Å². The van der Waals surface area contributed by atoms with Crippen molar-refractivity contribution in [3.8, 4) is 17.0 Å². The average Bonchev–Trinajstić information content (AvgIpc) is 2.94. The number of carbonyl (C=O) groups is 1. The minimum atomic E-state index is -0.0362. The monoisotopic (exact) mass is 497 g/mol. The van der Waals surface area contributed by atoms with Gasteiger partial charge in [0.25, 0.3) is 5.91 Å². The van der Waals surface area contributed by atoms with Gasteiger partial charge < -0.3 is 19.7 Å². The van der Waals surface area contributed by atoms with Crippen molar-refractivity contribution in [2.45, 2.75) is 17.7 Å². The van der Waals surface area contributed by atoms with E-state index in [0.29, 0.717) is 23.9 Å². The molecule has 0 saturated carbocycles. The summed E-state index contributed by atoms with van der Waals surface area (Å²) in [5.41, 5.74) is 5.66. The predicted molar refractivity (Wildman–Crippen MR) is 145 cm³/mol. The Morgan fingerprint density at radius 1 is 1.00 bits per heavy atom. The summed E-state index contributed by atoms with van der Waals surface area (Å²) in [4.78, 5) is 25.4. The summed E-state index contributed by atoms with van der Waals surface area (Å²) in [6, 6.07) is 18.2. The third kappa shape index (κ3) is 4.44. The normalized spacial score (nSPS) is 16.1. The lowest BCUT2D eigenvalue weighted by molar-refractivity contribution is 0.0944. The molecule has 2 N–H and O–H groups in total. The van der Waals surface area contributed by atoms with E-state index in [1.165, 1.54) is 17.6 Å². The van der Waals surface area contributed by atoms with E-state index >= 15 is 0 Å². The minimum absolute atomic E-state index is 0.0362. The van der Waals surface area contributed by atoms with Crippen LogP contribution in [0.1, 0.15) is 23.2 Å². The molecular formula is C28H27N5O2S. The van der Waals surface area contributed by atoms with Gasteiger partial charge in [0.15, 0.2) is 0 Å². The van der Waals surface area contributed by atoms with E-state index < -0.39 is 0 Å². The third-order valence-electron chi connectivity index (χ3n) is 6.98. The standard InChI is InChI=1S/C28H27N5O2S/c1-35-28-25-15-21(17-31-28)19-5-6-24-23(14-19)26(7-10-29-24)33-11-8-18(9-12-33)16-30-27(34)20-3-2-4-22(13-20)36-32-25/h2-7,10,13-15,17-18,32H,8-9,11-12,16H2,1H3,(H,30,34). The zero-order valence-corrected chi connectivity index (χ0v) is 20.8. The SMILES string of the molecule is COc1ncc2cc1NSc1cccc(c1)C(=O)NCC1CCN(CC1)c1ccnc3ccc-2cc13. The molecule has 1 saturated heterocycles. The predicted octanol–water partition coefficient (Wildman–Crippen LogP) is 5.38. The Morgan fingerprint density at radius 2 is 1.89 bits per heavy atom. The van der Waals surface area contributed by atoms with Crippen LogP contribution in [-0.4, -0.2) is 42.6 Å². The maximum atomic E-state index is 12.9. The molecular weight excluding hydrogens is 470 g/mol. The molecule has 0 atom stereocenters. The first-order chi connectivity index (χ1) is 17.7. The Bertz CT molecular complexity index is 1430. The highest BCUT2D eigenvalue weighted by Gasteiger charge is 2.22. The number of methoxy groups -OCH3 is 1. The number of rotatable bonds is 1. The number of hydrogen-bond acceptors (Lipinski definition) is 7. The lowest BCUT2D eigenvalue weighted by Crippen LogP contribution is -2.38. The second kappa shape index (κ2) is 9.70. The molecule has 3 aliphatic heterocycles. The second-order valence-corrected chi connectivity index (χ2v) is 10.1. The van der Waals surface area contributed by atoms with Crippen LogP contribution in [0, 0.1) is 5.92 Å². The Hall–Kier alpha value is -3.78. The maximum Gasteiger partial charge on any atom is 0.251 e. The van der Waals surface area contributed by atoms with Crippen LogP contribution >= 0.6 is 11.9 Å². The number of aromatic nitrogens is 2. The number of anilines is 2.